The van der Waals surface area contributed by atoms with Gasteiger partial charge in [0, 0.05) is 21.0 Å². The number of benzene rings is 2. The van der Waals surface area contributed by atoms with Gasteiger partial charge in [-0.25, -0.2) is 4.98 Å². The van der Waals surface area contributed by atoms with Crippen molar-refractivity contribution < 1.29 is 0 Å². The fraction of sp³-hybridized carbons (Fsp3) is 0. The zero-order chi connectivity index (χ0) is 16.8. The molecule has 5 rings (SSSR count). The Morgan fingerprint density at radius 3 is 2.44 bits per heavy atom. The number of nitrogens with zero attached hydrogens (tertiary/aromatic N) is 5. The summed E-state index contributed by atoms with van der Waals surface area (Å²) in [5.41, 5.74) is 4.99. The number of hydrogen-bond acceptors (Lipinski definition) is 3. The van der Waals surface area contributed by atoms with Gasteiger partial charge in [0.05, 0.1) is 5.39 Å². The topological polar surface area (TPSA) is 48.0 Å². The fourth-order valence-electron chi connectivity index (χ4n) is 3.10. The average Bonchev–Trinajstić information content (AvgIpc) is 3.27. The predicted octanol–water partition coefficient (Wildman–Crippen LogP) is 4.34. The molecule has 3 aromatic heterocycles. The predicted molar refractivity (Wildman–Crippen MR) is 106 cm³/mol. The molecule has 0 saturated carbocycles. The van der Waals surface area contributed by atoms with Crippen LogP contribution in [0.5, 0.6) is 0 Å². The van der Waals surface area contributed by atoms with E-state index in [0.29, 0.717) is 0 Å². The van der Waals surface area contributed by atoms with E-state index in [9.17, 15) is 0 Å². The second kappa shape index (κ2) is 5.66. The molecule has 0 amide bonds. The first-order valence-corrected chi connectivity index (χ1v) is 8.90. The summed E-state index contributed by atoms with van der Waals surface area (Å²) in [5, 5.41) is 9.36. The maximum Gasteiger partial charge on any atom is 0.173 e. The van der Waals surface area contributed by atoms with Crippen molar-refractivity contribution in [2.75, 3.05) is 0 Å². The molecule has 0 spiro atoms. The number of fused-ring (bicyclic) bond motifs is 3. The van der Waals surface area contributed by atoms with Crippen LogP contribution < -0.4 is 0 Å². The molecule has 0 N–H and O–H groups in total. The molecule has 6 heteroatoms. The molecular weight excluding hydrogens is 425 g/mol. The van der Waals surface area contributed by atoms with Crippen LogP contribution in [0.15, 0.2) is 73.4 Å². The van der Waals surface area contributed by atoms with Gasteiger partial charge in [0.2, 0.25) is 0 Å². The SMILES string of the molecule is Ic1ccc(-n2cc(-c3ccccc3)c3c2ncn2cnnc32)cc1. The lowest BCUT2D eigenvalue weighted by Crippen LogP contribution is -1.95. The van der Waals surface area contributed by atoms with Crippen LogP contribution in [0, 0.1) is 3.57 Å². The van der Waals surface area contributed by atoms with Gasteiger partial charge in [-0.3, -0.25) is 4.40 Å². The normalized spacial score (nSPS) is 11.4. The maximum atomic E-state index is 4.67. The fourth-order valence-corrected chi connectivity index (χ4v) is 3.46. The van der Waals surface area contributed by atoms with Crippen LogP contribution in [0.1, 0.15) is 0 Å². The van der Waals surface area contributed by atoms with Crippen molar-refractivity contribution >= 4 is 39.3 Å². The third-order valence-electron chi connectivity index (χ3n) is 4.27. The molecule has 5 nitrogen and oxygen atoms in total. The van der Waals surface area contributed by atoms with Crippen LogP contribution in [0.4, 0.5) is 0 Å². The van der Waals surface area contributed by atoms with Crippen LogP contribution in [0.3, 0.4) is 0 Å². The van der Waals surface area contributed by atoms with E-state index >= 15 is 0 Å². The molecule has 0 aliphatic heterocycles. The Labute approximate surface area is 157 Å². The average molecular weight is 437 g/mol. The summed E-state index contributed by atoms with van der Waals surface area (Å²) in [6.45, 7) is 0. The minimum Gasteiger partial charge on any atom is -0.301 e. The zero-order valence-corrected chi connectivity index (χ0v) is 15.2. The van der Waals surface area contributed by atoms with Gasteiger partial charge in [-0.2, -0.15) is 0 Å². The number of halogens is 1. The van der Waals surface area contributed by atoms with Crippen LogP contribution in [-0.4, -0.2) is 24.1 Å². The van der Waals surface area contributed by atoms with Crippen molar-refractivity contribution in [1.29, 1.82) is 0 Å². The number of rotatable bonds is 2. The first kappa shape index (κ1) is 14.6. The summed E-state index contributed by atoms with van der Waals surface area (Å²) in [7, 11) is 0. The van der Waals surface area contributed by atoms with Gasteiger partial charge in [-0.1, -0.05) is 30.3 Å². The first-order chi connectivity index (χ1) is 12.3. The lowest BCUT2D eigenvalue weighted by Gasteiger charge is -2.04. The van der Waals surface area contributed by atoms with Gasteiger partial charge in [0.25, 0.3) is 0 Å². The standard InChI is InChI=1S/C19H12IN5/c20-14-6-8-15(9-7-14)25-10-16(13-4-2-1-3-5-13)17-18(25)21-11-24-12-22-23-19(17)24/h1-12H. The Morgan fingerprint density at radius 2 is 1.64 bits per heavy atom. The van der Waals surface area contributed by atoms with Crippen LogP contribution in [0.2, 0.25) is 0 Å². The molecule has 0 radical (unpaired) electrons. The van der Waals surface area contributed by atoms with Crippen molar-refractivity contribution in [1.82, 2.24) is 24.1 Å². The van der Waals surface area contributed by atoms with Gasteiger partial charge < -0.3 is 4.57 Å². The summed E-state index contributed by atoms with van der Waals surface area (Å²) < 4.78 is 5.17. The van der Waals surface area contributed by atoms with E-state index in [4.69, 9.17) is 0 Å². The van der Waals surface area contributed by atoms with Crippen molar-refractivity contribution in [2.24, 2.45) is 0 Å². The van der Waals surface area contributed by atoms with Gasteiger partial charge in [-0.15, -0.1) is 10.2 Å². The van der Waals surface area contributed by atoms with E-state index in [1.54, 1.807) is 12.7 Å². The maximum absolute atomic E-state index is 4.67. The summed E-state index contributed by atoms with van der Waals surface area (Å²) in [4.78, 5) is 4.67. The lowest BCUT2D eigenvalue weighted by molar-refractivity contribution is 1.05. The Balaban J connectivity index is 1.89. The summed E-state index contributed by atoms with van der Waals surface area (Å²) in [6.07, 6.45) is 5.57. The van der Waals surface area contributed by atoms with Crippen molar-refractivity contribution in [3.05, 3.63) is 77.0 Å². The first-order valence-electron chi connectivity index (χ1n) is 7.82. The molecule has 0 fully saturated rings. The second-order valence-electron chi connectivity index (χ2n) is 5.76. The molecule has 0 atom stereocenters. The van der Waals surface area contributed by atoms with Crippen molar-refractivity contribution in [2.45, 2.75) is 0 Å². The molecule has 0 aliphatic rings. The van der Waals surface area contributed by atoms with Gasteiger partial charge in [0.1, 0.15) is 12.7 Å². The molecule has 3 heterocycles. The minimum atomic E-state index is 0.813. The van der Waals surface area contributed by atoms with E-state index in [-0.39, 0.29) is 0 Å². The Hall–Kier alpha value is -2.74. The molecule has 5 aromatic rings. The Kier molecular flexibility index (Phi) is 3.30. The molecule has 120 valence electrons. The summed E-state index contributed by atoms with van der Waals surface area (Å²) in [5.74, 6) is 0. The van der Waals surface area contributed by atoms with E-state index in [0.717, 1.165) is 33.5 Å². The molecule has 0 bridgehead atoms. The highest BCUT2D eigenvalue weighted by Crippen LogP contribution is 2.33. The Bertz CT molecular complexity index is 1190. The third kappa shape index (κ3) is 2.32. The highest BCUT2D eigenvalue weighted by Gasteiger charge is 2.17. The van der Waals surface area contributed by atoms with Gasteiger partial charge in [-0.05, 0) is 52.4 Å². The van der Waals surface area contributed by atoms with E-state index in [1.807, 2.05) is 22.6 Å². The van der Waals surface area contributed by atoms with E-state index in [2.05, 4.69) is 84.9 Å². The zero-order valence-electron chi connectivity index (χ0n) is 13.0. The summed E-state index contributed by atoms with van der Waals surface area (Å²) in [6, 6.07) is 18.7. The third-order valence-corrected chi connectivity index (χ3v) is 4.99. The molecule has 0 aliphatic carbocycles. The molecule has 0 saturated heterocycles. The van der Waals surface area contributed by atoms with Crippen LogP contribution in [-0.2, 0) is 0 Å². The molecule has 2 aromatic carbocycles. The monoisotopic (exact) mass is 437 g/mol. The van der Waals surface area contributed by atoms with Crippen LogP contribution >= 0.6 is 22.6 Å². The smallest absolute Gasteiger partial charge is 0.173 e. The molecular formula is C19H12IN5. The van der Waals surface area contributed by atoms with Crippen molar-refractivity contribution in [3.8, 4) is 16.8 Å². The van der Waals surface area contributed by atoms with Gasteiger partial charge in [0.15, 0.2) is 11.3 Å². The number of hydrogen-bond donors (Lipinski definition) is 0. The highest BCUT2D eigenvalue weighted by atomic mass is 127. The van der Waals surface area contributed by atoms with Crippen molar-refractivity contribution in [3.63, 3.8) is 0 Å². The van der Waals surface area contributed by atoms with E-state index in [1.165, 1.54) is 3.57 Å². The second-order valence-corrected chi connectivity index (χ2v) is 7.01. The number of aromatic nitrogens is 5. The lowest BCUT2D eigenvalue weighted by atomic mass is 10.1. The minimum absolute atomic E-state index is 0.813. The van der Waals surface area contributed by atoms with E-state index < -0.39 is 0 Å². The largest absolute Gasteiger partial charge is 0.301 e. The molecule has 25 heavy (non-hydrogen) atoms. The molecule has 0 unspecified atom stereocenters. The summed E-state index contributed by atoms with van der Waals surface area (Å²) >= 11 is 2.31. The van der Waals surface area contributed by atoms with Gasteiger partial charge >= 0.3 is 0 Å². The quantitative estimate of drug-likeness (QED) is 0.386. The van der Waals surface area contributed by atoms with Crippen LogP contribution in [0.25, 0.3) is 33.5 Å². The highest BCUT2D eigenvalue weighted by molar-refractivity contribution is 14.1. The Morgan fingerprint density at radius 1 is 0.840 bits per heavy atom.